The molecule has 0 saturated carbocycles. The Morgan fingerprint density at radius 3 is 2.94 bits per heavy atom. The lowest BCUT2D eigenvalue weighted by Crippen LogP contribution is -2.17. The summed E-state index contributed by atoms with van der Waals surface area (Å²) >= 11 is 5.18. The molecule has 17 heavy (non-hydrogen) atoms. The molecule has 1 aromatic carbocycles. The van der Waals surface area contributed by atoms with Crippen LogP contribution < -0.4 is 5.73 Å². The van der Waals surface area contributed by atoms with Crippen molar-refractivity contribution in [2.75, 3.05) is 0 Å². The van der Waals surface area contributed by atoms with Crippen LogP contribution in [0.5, 0.6) is 0 Å². The van der Waals surface area contributed by atoms with Gasteiger partial charge in [-0.3, -0.25) is 0 Å². The van der Waals surface area contributed by atoms with Gasteiger partial charge < -0.3 is 5.73 Å². The number of rotatable bonds is 3. The Morgan fingerprint density at radius 1 is 1.47 bits per heavy atom. The van der Waals surface area contributed by atoms with Gasteiger partial charge in [0.15, 0.2) is 0 Å². The highest BCUT2D eigenvalue weighted by Crippen LogP contribution is 2.28. The van der Waals surface area contributed by atoms with Crippen molar-refractivity contribution in [1.29, 1.82) is 0 Å². The fourth-order valence-electron chi connectivity index (χ4n) is 1.67. The third-order valence-corrected chi connectivity index (χ3v) is 3.89. The number of aryl methyl sites for hydroxylation is 1. The summed E-state index contributed by atoms with van der Waals surface area (Å²) in [5.74, 6) is 0. The van der Waals surface area contributed by atoms with E-state index < -0.39 is 0 Å². The first-order valence-electron chi connectivity index (χ1n) is 5.53. The summed E-state index contributed by atoms with van der Waals surface area (Å²) in [7, 11) is 0. The molecule has 2 rings (SSSR count). The topological polar surface area (TPSA) is 38.9 Å². The molecule has 0 radical (unpaired) electrons. The summed E-state index contributed by atoms with van der Waals surface area (Å²) in [6.07, 6.45) is 0.845. The monoisotopic (exact) mass is 310 g/mol. The van der Waals surface area contributed by atoms with Gasteiger partial charge in [0.1, 0.15) is 0 Å². The van der Waals surface area contributed by atoms with E-state index in [0.29, 0.717) is 0 Å². The van der Waals surface area contributed by atoms with Gasteiger partial charge in [0.2, 0.25) is 0 Å². The van der Waals surface area contributed by atoms with Gasteiger partial charge in [-0.2, -0.15) is 0 Å². The summed E-state index contributed by atoms with van der Waals surface area (Å²) < 4.78 is 1.08. The Labute approximate surface area is 114 Å². The van der Waals surface area contributed by atoms with E-state index in [1.807, 2.05) is 13.0 Å². The first-order chi connectivity index (χ1) is 8.06. The minimum atomic E-state index is 0.164. The van der Waals surface area contributed by atoms with Crippen LogP contribution in [0.2, 0.25) is 0 Å². The number of aromatic nitrogens is 1. The van der Waals surface area contributed by atoms with Crippen molar-refractivity contribution < 1.29 is 0 Å². The van der Waals surface area contributed by atoms with Gasteiger partial charge in [-0.1, -0.05) is 22.0 Å². The molecule has 0 spiro atoms. The van der Waals surface area contributed by atoms with Gasteiger partial charge in [-0.05, 0) is 31.5 Å². The van der Waals surface area contributed by atoms with E-state index >= 15 is 0 Å². The maximum absolute atomic E-state index is 5.79. The number of halogens is 1. The minimum Gasteiger partial charge on any atom is -0.328 e. The number of hydrogen-bond acceptors (Lipinski definition) is 3. The van der Waals surface area contributed by atoms with E-state index in [-0.39, 0.29) is 6.04 Å². The van der Waals surface area contributed by atoms with Crippen LogP contribution in [0.4, 0.5) is 0 Å². The molecule has 4 heteroatoms. The Kier molecular flexibility index (Phi) is 3.97. The quantitative estimate of drug-likeness (QED) is 0.937. The predicted octanol–water partition coefficient (Wildman–Crippen LogP) is 3.77. The number of benzene rings is 1. The number of thiazole rings is 1. The van der Waals surface area contributed by atoms with E-state index in [9.17, 15) is 0 Å². The predicted molar refractivity (Wildman–Crippen MR) is 77.3 cm³/mol. The summed E-state index contributed by atoms with van der Waals surface area (Å²) in [6.45, 7) is 4.11. The van der Waals surface area contributed by atoms with Crippen LogP contribution in [0.25, 0.3) is 11.3 Å². The van der Waals surface area contributed by atoms with E-state index in [0.717, 1.165) is 21.6 Å². The first kappa shape index (κ1) is 12.7. The summed E-state index contributed by atoms with van der Waals surface area (Å²) in [6, 6.07) is 6.43. The number of nitrogens with zero attached hydrogens (tertiary/aromatic N) is 1. The Bertz CT molecular complexity index is 520. The van der Waals surface area contributed by atoms with Gasteiger partial charge in [0.25, 0.3) is 0 Å². The van der Waals surface area contributed by atoms with Crippen molar-refractivity contribution in [3.8, 4) is 11.3 Å². The standard InChI is InChI=1S/C13H15BrN2S/c1-8-3-4-10(14)6-11(8)12-7-17-13(16-12)5-9(2)15/h3-4,6-7,9H,5,15H2,1-2H3. The highest BCUT2D eigenvalue weighted by atomic mass is 79.9. The van der Waals surface area contributed by atoms with Crippen LogP contribution in [0, 0.1) is 6.92 Å². The molecular weight excluding hydrogens is 296 g/mol. The molecule has 90 valence electrons. The molecule has 0 amide bonds. The van der Waals surface area contributed by atoms with Gasteiger partial charge >= 0.3 is 0 Å². The largest absolute Gasteiger partial charge is 0.328 e. The number of hydrogen-bond donors (Lipinski definition) is 1. The molecule has 0 aliphatic heterocycles. The van der Waals surface area contributed by atoms with Crippen molar-refractivity contribution in [2.24, 2.45) is 5.73 Å². The highest BCUT2D eigenvalue weighted by Gasteiger charge is 2.08. The van der Waals surface area contributed by atoms with Crippen LogP contribution in [-0.2, 0) is 6.42 Å². The third kappa shape index (κ3) is 3.15. The molecule has 2 nitrogen and oxygen atoms in total. The zero-order chi connectivity index (χ0) is 12.4. The Hall–Kier alpha value is -0.710. The van der Waals surface area contributed by atoms with Crippen LogP contribution in [0.15, 0.2) is 28.1 Å². The second-order valence-corrected chi connectivity index (χ2v) is 6.13. The lowest BCUT2D eigenvalue weighted by atomic mass is 10.1. The van der Waals surface area contributed by atoms with Crippen molar-refractivity contribution in [1.82, 2.24) is 4.98 Å². The maximum atomic E-state index is 5.79. The maximum Gasteiger partial charge on any atom is 0.0947 e. The lowest BCUT2D eigenvalue weighted by molar-refractivity contribution is 0.734. The van der Waals surface area contributed by atoms with Crippen molar-refractivity contribution >= 4 is 27.3 Å². The van der Waals surface area contributed by atoms with E-state index in [4.69, 9.17) is 5.73 Å². The average Bonchev–Trinajstić information content (AvgIpc) is 2.69. The normalized spacial score (nSPS) is 12.7. The van der Waals surface area contributed by atoms with Crippen LogP contribution in [0.1, 0.15) is 17.5 Å². The molecule has 1 unspecified atom stereocenters. The molecule has 0 aliphatic rings. The van der Waals surface area contributed by atoms with E-state index in [1.165, 1.54) is 11.1 Å². The minimum absolute atomic E-state index is 0.164. The average molecular weight is 311 g/mol. The highest BCUT2D eigenvalue weighted by molar-refractivity contribution is 9.10. The molecule has 0 aliphatic carbocycles. The summed E-state index contributed by atoms with van der Waals surface area (Å²) in [5, 5.41) is 3.21. The molecule has 2 N–H and O–H groups in total. The van der Waals surface area contributed by atoms with Gasteiger partial charge in [0.05, 0.1) is 10.7 Å². The van der Waals surface area contributed by atoms with Crippen LogP contribution in [0.3, 0.4) is 0 Å². The smallest absolute Gasteiger partial charge is 0.0947 e. The molecular formula is C13H15BrN2S. The molecule has 1 aromatic heterocycles. The van der Waals surface area contributed by atoms with Crippen LogP contribution >= 0.6 is 27.3 Å². The van der Waals surface area contributed by atoms with E-state index in [2.05, 4.69) is 45.4 Å². The zero-order valence-corrected chi connectivity index (χ0v) is 12.3. The van der Waals surface area contributed by atoms with Crippen molar-refractivity contribution in [2.45, 2.75) is 26.3 Å². The molecule has 2 aromatic rings. The Morgan fingerprint density at radius 2 is 2.24 bits per heavy atom. The molecule has 0 saturated heterocycles. The van der Waals surface area contributed by atoms with Crippen molar-refractivity contribution in [3.63, 3.8) is 0 Å². The van der Waals surface area contributed by atoms with Crippen molar-refractivity contribution in [3.05, 3.63) is 38.6 Å². The van der Waals surface area contributed by atoms with Gasteiger partial charge in [-0.15, -0.1) is 11.3 Å². The SMILES string of the molecule is Cc1ccc(Br)cc1-c1csc(CC(C)N)n1. The van der Waals surface area contributed by atoms with Gasteiger partial charge in [0, 0.05) is 27.9 Å². The lowest BCUT2D eigenvalue weighted by Gasteiger charge is -2.03. The number of nitrogens with two attached hydrogens (primary N) is 1. The fourth-order valence-corrected chi connectivity index (χ4v) is 2.97. The second kappa shape index (κ2) is 5.29. The fraction of sp³-hybridized carbons (Fsp3) is 0.308. The van der Waals surface area contributed by atoms with Crippen LogP contribution in [-0.4, -0.2) is 11.0 Å². The zero-order valence-electron chi connectivity index (χ0n) is 9.90. The summed E-state index contributed by atoms with van der Waals surface area (Å²) in [4.78, 5) is 4.64. The molecule has 0 fully saturated rings. The third-order valence-electron chi connectivity index (χ3n) is 2.52. The Balaban J connectivity index is 2.33. The molecule has 0 bridgehead atoms. The summed E-state index contributed by atoms with van der Waals surface area (Å²) in [5.41, 5.74) is 9.26. The first-order valence-corrected chi connectivity index (χ1v) is 7.20. The molecule has 1 heterocycles. The molecule has 1 atom stereocenters. The van der Waals surface area contributed by atoms with E-state index in [1.54, 1.807) is 11.3 Å². The van der Waals surface area contributed by atoms with Gasteiger partial charge in [-0.25, -0.2) is 4.98 Å². The second-order valence-electron chi connectivity index (χ2n) is 4.27.